The van der Waals surface area contributed by atoms with Gasteiger partial charge in [-0.1, -0.05) is 6.66 Å². The van der Waals surface area contributed by atoms with Gasteiger partial charge in [-0.3, -0.25) is 0 Å². The van der Waals surface area contributed by atoms with Crippen LogP contribution < -0.4 is 10.6 Å². The Labute approximate surface area is 71.7 Å². The van der Waals surface area contributed by atoms with E-state index in [4.69, 9.17) is 0 Å². The zero-order chi connectivity index (χ0) is 8.16. The minimum atomic E-state index is 0.667. The molecule has 0 aromatic carbocycles. The second-order valence-corrected chi connectivity index (χ2v) is 3.35. The Kier molecular flexibility index (Phi) is 3.77. The lowest BCUT2D eigenvalue weighted by atomic mass is 9.87. The van der Waals surface area contributed by atoms with Gasteiger partial charge < -0.3 is 10.6 Å². The topological polar surface area (TPSA) is 24.1 Å². The highest BCUT2D eigenvalue weighted by molar-refractivity contribution is 7.15. The molecule has 3 heteroatoms. The van der Waals surface area contributed by atoms with Crippen LogP contribution in [0.3, 0.4) is 0 Å². The standard InChI is InChI=1S/C7H14N2.CH5P/c1-3-8-5-7(1)2-4-9-6-7;1-2/h8-9H,1-6H2;2H2,1H3. The summed E-state index contributed by atoms with van der Waals surface area (Å²) in [4.78, 5) is 0. The van der Waals surface area contributed by atoms with E-state index < -0.39 is 0 Å². The summed E-state index contributed by atoms with van der Waals surface area (Å²) >= 11 is 0. The van der Waals surface area contributed by atoms with Crippen molar-refractivity contribution >= 4 is 9.24 Å². The average Bonchev–Trinajstić information content (AvgIpc) is 2.69. The van der Waals surface area contributed by atoms with Crippen LogP contribution in [-0.2, 0) is 0 Å². The Morgan fingerprint density at radius 2 is 1.45 bits per heavy atom. The molecule has 0 radical (unpaired) electrons. The first-order valence-electron chi connectivity index (χ1n) is 4.41. The molecule has 0 aromatic heterocycles. The molecule has 2 N–H and O–H groups in total. The molecule has 0 aromatic rings. The number of hydrogen-bond acceptors (Lipinski definition) is 2. The van der Waals surface area contributed by atoms with E-state index in [2.05, 4.69) is 19.9 Å². The molecule has 0 aliphatic carbocycles. The van der Waals surface area contributed by atoms with E-state index in [0.717, 1.165) is 0 Å². The van der Waals surface area contributed by atoms with Crippen LogP contribution in [0.1, 0.15) is 12.8 Å². The van der Waals surface area contributed by atoms with Gasteiger partial charge in [0.05, 0.1) is 0 Å². The third-order valence-electron chi connectivity index (χ3n) is 2.66. The average molecular weight is 174 g/mol. The molecule has 0 saturated carbocycles. The van der Waals surface area contributed by atoms with Gasteiger partial charge >= 0.3 is 0 Å². The highest BCUT2D eigenvalue weighted by Crippen LogP contribution is 2.31. The first-order valence-corrected chi connectivity index (χ1v) is 5.56. The van der Waals surface area contributed by atoms with E-state index in [9.17, 15) is 0 Å². The lowest BCUT2D eigenvalue weighted by Gasteiger charge is -2.18. The lowest BCUT2D eigenvalue weighted by Crippen LogP contribution is -2.26. The minimum Gasteiger partial charge on any atom is -0.316 e. The van der Waals surface area contributed by atoms with Gasteiger partial charge in [-0.2, -0.15) is 0 Å². The number of nitrogens with one attached hydrogen (secondary N) is 2. The highest BCUT2D eigenvalue weighted by Gasteiger charge is 2.35. The molecule has 0 amide bonds. The second-order valence-electron chi connectivity index (χ2n) is 3.35. The van der Waals surface area contributed by atoms with Crippen molar-refractivity contribution in [2.24, 2.45) is 5.41 Å². The van der Waals surface area contributed by atoms with E-state index in [1.807, 2.05) is 6.66 Å². The Balaban J connectivity index is 0.000000281. The molecular weight excluding hydrogens is 155 g/mol. The molecule has 2 aliphatic heterocycles. The van der Waals surface area contributed by atoms with Gasteiger partial charge in [-0.05, 0) is 31.3 Å². The van der Waals surface area contributed by atoms with E-state index in [-0.39, 0.29) is 0 Å². The van der Waals surface area contributed by atoms with Crippen LogP contribution in [0.15, 0.2) is 0 Å². The fourth-order valence-electron chi connectivity index (χ4n) is 1.96. The molecule has 2 saturated heterocycles. The second kappa shape index (κ2) is 4.39. The third-order valence-corrected chi connectivity index (χ3v) is 2.66. The van der Waals surface area contributed by atoms with Crippen LogP contribution in [-0.4, -0.2) is 32.8 Å². The third kappa shape index (κ3) is 2.14. The van der Waals surface area contributed by atoms with Gasteiger partial charge in [0.15, 0.2) is 0 Å². The molecular formula is C8H19N2P. The molecule has 1 atom stereocenters. The lowest BCUT2D eigenvalue weighted by molar-refractivity contribution is 0.365. The van der Waals surface area contributed by atoms with Gasteiger partial charge in [0.25, 0.3) is 0 Å². The summed E-state index contributed by atoms with van der Waals surface area (Å²) < 4.78 is 0. The first kappa shape index (κ1) is 9.44. The van der Waals surface area contributed by atoms with E-state index in [1.165, 1.54) is 39.0 Å². The Bertz CT molecular complexity index is 87.1. The van der Waals surface area contributed by atoms with Crippen molar-refractivity contribution in [2.45, 2.75) is 12.8 Å². The van der Waals surface area contributed by atoms with Crippen molar-refractivity contribution in [3.05, 3.63) is 0 Å². The van der Waals surface area contributed by atoms with Crippen LogP contribution in [0.2, 0.25) is 0 Å². The Morgan fingerprint density at radius 3 is 1.73 bits per heavy atom. The quantitative estimate of drug-likeness (QED) is 0.521. The molecule has 0 bridgehead atoms. The maximum atomic E-state index is 3.42. The van der Waals surface area contributed by atoms with Gasteiger partial charge in [0, 0.05) is 13.1 Å². The van der Waals surface area contributed by atoms with Crippen LogP contribution in [0.5, 0.6) is 0 Å². The first-order chi connectivity index (χ1) is 5.41. The van der Waals surface area contributed by atoms with E-state index in [1.54, 1.807) is 0 Å². The van der Waals surface area contributed by atoms with E-state index >= 15 is 0 Å². The van der Waals surface area contributed by atoms with Crippen molar-refractivity contribution in [1.82, 2.24) is 10.6 Å². The summed E-state index contributed by atoms with van der Waals surface area (Å²) in [5.74, 6) is 0. The molecule has 2 aliphatic rings. The minimum absolute atomic E-state index is 0.667. The molecule has 1 spiro atoms. The van der Waals surface area contributed by atoms with Crippen molar-refractivity contribution < 1.29 is 0 Å². The molecule has 2 rings (SSSR count). The maximum Gasteiger partial charge on any atom is 0.00209 e. The van der Waals surface area contributed by atoms with Gasteiger partial charge in [0.1, 0.15) is 0 Å². The summed E-state index contributed by atoms with van der Waals surface area (Å²) in [6.45, 7) is 6.89. The molecule has 2 heterocycles. The molecule has 66 valence electrons. The predicted octanol–water partition coefficient (Wildman–Crippen LogP) is 0.451. The smallest absolute Gasteiger partial charge is 0.00209 e. The molecule has 2 fully saturated rings. The van der Waals surface area contributed by atoms with Crippen molar-refractivity contribution in [3.63, 3.8) is 0 Å². The monoisotopic (exact) mass is 174 g/mol. The van der Waals surface area contributed by atoms with Crippen molar-refractivity contribution in [2.75, 3.05) is 32.8 Å². The van der Waals surface area contributed by atoms with Crippen LogP contribution in [0.25, 0.3) is 0 Å². The molecule has 11 heavy (non-hydrogen) atoms. The molecule has 2 nitrogen and oxygen atoms in total. The van der Waals surface area contributed by atoms with Crippen molar-refractivity contribution in [1.29, 1.82) is 0 Å². The van der Waals surface area contributed by atoms with Crippen LogP contribution in [0, 0.1) is 5.41 Å². The summed E-state index contributed by atoms with van der Waals surface area (Å²) in [5, 5.41) is 6.83. The number of rotatable bonds is 0. The fourth-order valence-corrected chi connectivity index (χ4v) is 1.96. The summed E-state index contributed by atoms with van der Waals surface area (Å²) in [6.07, 6.45) is 2.78. The predicted molar refractivity (Wildman–Crippen MR) is 53.0 cm³/mol. The largest absolute Gasteiger partial charge is 0.316 e. The van der Waals surface area contributed by atoms with Gasteiger partial charge in [-0.25, -0.2) is 0 Å². The highest BCUT2D eigenvalue weighted by atomic mass is 31.0. The Morgan fingerprint density at radius 1 is 1.00 bits per heavy atom. The number of hydrogen-bond donors (Lipinski definition) is 2. The molecule has 1 unspecified atom stereocenters. The van der Waals surface area contributed by atoms with Crippen LogP contribution in [0.4, 0.5) is 0 Å². The van der Waals surface area contributed by atoms with Gasteiger partial charge in [0.2, 0.25) is 0 Å². The fraction of sp³-hybridized carbons (Fsp3) is 1.00. The zero-order valence-corrected chi connectivity index (χ0v) is 8.47. The van der Waals surface area contributed by atoms with E-state index in [0.29, 0.717) is 5.41 Å². The SMILES string of the molecule is C1CC2(CCNC2)CN1.CP. The van der Waals surface area contributed by atoms with Gasteiger partial charge in [-0.15, -0.1) is 9.24 Å². The maximum absolute atomic E-state index is 3.42. The summed E-state index contributed by atoms with van der Waals surface area (Å²) in [5.41, 5.74) is 0.667. The van der Waals surface area contributed by atoms with Crippen molar-refractivity contribution in [3.8, 4) is 0 Å². The normalized spacial score (nSPS) is 26.7. The summed E-state index contributed by atoms with van der Waals surface area (Å²) in [7, 11) is 2.42. The Hall–Kier alpha value is 0.350. The summed E-state index contributed by atoms with van der Waals surface area (Å²) in [6, 6.07) is 0. The van der Waals surface area contributed by atoms with Crippen LogP contribution >= 0.6 is 9.24 Å². The zero-order valence-electron chi connectivity index (χ0n) is 7.32.